The van der Waals surface area contributed by atoms with Gasteiger partial charge < -0.3 is 10.1 Å². The third kappa shape index (κ3) is 5.86. The monoisotopic (exact) mass is 395 g/mol. The molecule has 5 nitrogen and oxygen atoms in total. The maximum Gasteiger partial charge on any atom is 0.339 e. The Bertz CT molecular complexity index is 844. The van der Waals surface area contributed by atoms with Crippen molar-refractivity contribution >= 4 is 46.7 Å². The van der Waals surface area contributed by atoms with E-state index in [-0.39, 0.29) is 27.8 Å². The van der Waals surface area contributed by atoms with Crippen LogP contribution in [0, 0.1) is 5.82 Å². The second-order valence-electron chi connectivity index (χ2n) is 5.24. The van der Waals surface area contributed by atoms with Crippen molar-refractivity contribution in [3.63, 3.8) is 0 Å². The van der Waals surface area contributed by atoms with Gasteiger partial charge in [0, 0.05) is 10.6 Å². The highest BCUT2D eigenvalue weighted by Gasteiger charge is 2.15. The molecule has 2 rings (SSSR count). The number of carbonyl (C=O) groups is 3. The van der Waals surface area contributed by atoms with Gasteiger partial charge >= 0.3 is 5.97 Å². The minimum absolute atomic E-state index is 0.0180. The molecule has 2 aromatic rings. The zero-order valence-electron chi connectivity index (χ0n) is 13.8. The smallest absolute Gasteiger partial charge is 0.339 e. The maximum atomic E-state index is 13.1. The molecule has 0 heterocycles. The molecular weight excluding hydrogens is 381 g/mol. The van der Waals surface area contributed by atoms with Gasteiger partial charge in [-0.2, -0.15) is 0 Å². The zero-order valence-corrected chi connectivity index (χ0v) is 15.3. The Kier molecular flexibility index (Phi) is 7.17. The number of halogens is 2. The van der Waals surface area contributed by atoms with Crippen molar-refractivity contribution < 1.29 is 23.5 Å². The summed E-state index contributed by atoms with van der Waals surface area (Å²) in [5, 5.41) is 2.33. The van der Waals surface area contributed by atoms with Gasteiger partial charge in [-0.15, -0.1) is 11.8 Å². The second kappa shape index (κ2) is 9.35. The third-order valence-corrected chi connectivity index (χ3v) is 4.58. The SMILES string of the molecule is CC(=O)CSc1ccccc1C(=O)OCC(=O)Nc1ccc(F)c(Cl)c1. The van der Waals surface area contributed by atoms with Crippen LogP contribution in [0.5, 0.6) is 0 Å². The van der Waals surface area contributed by atoms with Crippen molar-refractivity contribution in [3.05, 3.63) is 58.9 Å². The highest BCUT2D eigenvalue weighted by molar-refractivity contribution is 8.00. The summed E-state index contributed by atoms with van der Waals surface area (Å²) < 4.78 is 18.1. The van der Waals surface area contributed by atoms with Crippen LogP contribution < -0.4 is 5.32 Å². The van der Waals surface area contributed by atoms with E-state index in [0.717, 1.165) is 6.07 Å². The molecule has 0 fully saturated rings. The number of rotatable bonds is 7. The third-order valence-electron chi connectivity index (χ3n) is 3.08. The zero-order chi connectivity index (χ0) is 19.1. The van der Waals surface area contributed by atoms with E-state index < -0.39 is 24.3 Å². The van der Waals surface area contributed by atoms with Gasteiger partial charge in [0.2, 0.25) is 0 Å². The van der Waals surface area contributed by atoms with Crippen molar-refractivity contribution in [1.82, 2.24) is 0 Å². The van der Waals surface area contributed by atoms with Gasteiger partial charge in [0.15, 0.2) is 6.61 Å². The molecule has 0 aliphatic rings. The Morgan fingerprint density at radius 2 is 1.92 bits per heavy atom. The summed E-state index contributed by atoms with van der Waals surface area (Å²) in [6, 6.07) is 10.4. The van der Waals surface area contributed by atoms with Crippen LogP contribution in [-0.2, 0) is 14.3 Å². The number of esters is 1. The lowest BCUT2D eigenvalue weighted by Crippen LogP contribution is -2.21. The van der Waals surface area contributed by atoms with Gasteiger partial charge in [-0.3, -0.25) is 9.59 Å². The lowest BCUT2D eigenvalue weighted by molar-refractivity contribution is -0.119. The first-order chi connectivity index (χ1) is 12.4. The van der Waals surface area contributed by atoms with Gasteiger partial charge in [0.25, 0.3) is 5.91 Å². The van der Waals surface area contributed by atoms with E-state index in [1.54, 1.807) is 24.3 Å². The summed E-state index contributed by atoms with van der Waals surface area (Å²) in [7, 11) is 0. The van der Waals surface area contributed by atoms with E-state index >= 15 is 0 Å². The number of ketones is 1. The van der Waals surface area contributed by atoms with Crippen molar-refractivity contribution in [2.75, 3.05) is 17.7 Å². The minimum atomic E-state index is -0.677. The first kappa shape index (κ1) is 19.9. The van der Waals surface area contributed by atoms with Gasteiger partial charge in [0.1, 0.15) is 11.6 Å². The van der Waals surface area contributed by atoms with Crippen LogP contribution in [0.3, 0.4) is 0 Å². The molecule has 1 amide bonds. The molecule has 0 spiro atoms. The summed E-state index contributed by atoms with van der Waals surface area (Å²) in [5.74, 6) is -1.65. The van der Waals surface area contributed by atoms with Crippen molar-refractivity contribution in [3.8, 4) is 0 Å². The quantitative estimate of drug-likeness (QED) is 0.567. The van der Waals surface area contributed by atoms with Crippen LogP contribution in [0.1, 0.15) is 17.3 Å². The van der Waals surface area contributed by atoms with E-state index in [2.05, 4.69) is 5.32 Å². The minimum Gasteiger partial charge on any atom is -0.452 e. The normalized spacial score (nSPS) is 10.3. The first-order valence-corrected chi connectivity index (χ1v) is 8.86. The van der Waals surface area contributed by atoms with E-state index in [9.17, 15) is 18.8 Å². The Balaban J connectivity index is 1.94. The van der Waals surface area contributed by atoms with Crippen molar-refractivity contribution in [2.24, 2.45) is 0 Å². The topological polar surface area (TPSA) is 72.5 Å². The van der Waals surface area contributed by atoms with Crippen LogP contribution in [0.4, 0.5) is 10.1 Å². The standard InChI is InChI=1S/C18H15ClFNO4S/c1-11(22)10-26-16-5-3-2-4-13(16)18(24)25-9-17(23)21-12-6-7-15(20)14(19)8-12/h2-8H,9-10H2,1H3,(H,21,23). The molecule has 0 aromatic heterocycles. The number of hydrogen-bond donors (Lipinski definition) is 1. The Morgan fingerprint density at radius 1 is 1.19 bits per heavy atom. The number of Topliss-reactive ketones (excluding diaryl/α,β-unsaturated/α-hetero) is 1. The number of hydrogen-bond acceptors (Lipinski definition) is 5. The average Bonchev–Trinajstić information content (AvgIpc) is 2.61. The number of anilines is 1. The molecule has 136 valence electrons. The highest BCUT2D eigenvalue weighted by Crippen LogP contribution is 2.23. The molecule has 0 saturated heterocycles. The number of ether oxygens (including phenoxy) is 1. The fourth-order valence-electron chi connectivity index (χ4n) is 1.92. The van der Waals surface area contributed by atoms with Crippen LogP contribution in [0.25, 0.3) is 0 Å². The molecular formula is C18H15ClFNO4S. The molecule has 0 aliphatic carbocycles. The second-order valence-corrected chi connectivity index (χ2v) is 6.66. The number of carbonyl (C=O) groups excluding carboxylic acids is 3. The number of amides is 1. The molecule has 1 N–H and O–H groups in total. The highest BCUT2D eigenvalue weighted by atomic mass is 35.5. The van der Waals surface area contributed by atoms with Crippen molar-refractivity contribution in [2.45, 2.75) is 11.8 Å². The fourth-order valence-corrected chi connectivity index (χ4v) is 2.94. The van der Waals surface area contributed by atoms with E-state index in [4.69, 9.17) is 16.3 Å². The molecule has 0 bridgehead atoms. The lowest BCUT2D eigenvalue weighted by atomic mass is 10.2. The van der Waals surface area contributed by atoms with Gasteiger partial charge in [-0.05, 0) is 37.3 Å². The number of benzene rings is 2. The maximum absolute atomic E-state index is 13.1. The van der Waals surface area contributed by atoms with Gasteiger partial charge in [-0.1, -0.05) is 23.7 Å². The molecule has 26 heavy (non-hydrogen) atoms. The van der Waals surface area contributed by atoms with Crippen LogP contribution in [-0.4, -0.2) is 30.0 Å². The summed E-state index contributed by atoms with van der Waals surface area (Å²) in [6.45, 7) is 0.944. The molecule has 2 aromatic carbocycles. The van der Waals surface area contributed by atoms with Crippen LogP contribution >= 0.6 is 23.4 Å². The predicted molar refractivity (Wildman–Crippen MR) is 98.2 cm³/mol. The first-order valence-electron chi connectivity index (χ1n) is 7.50. The Hall–Kier alpha value is -2.38. The largest absolute Gasteiger partial charge is 0.452 e. The molecule has 0 aliphatic heterocycles. The van der Waals surface area contributed by atoms with E-state index in [0.29, 0.717) is 4.90 Å². The molecule has 0 atom stereocenters. The molecule has 0 saturated carbocycles. The Morgan fingerprint density at radius 3 is 2.62 bits per heavy atom. The number of thioether (sulfide) groups is 1. The van der Waals surface area contributed by atoms with Gasteiger partial charge in [0.05, 0.1) is 16.3 Å². The Labute approximate surface area is 158 Å². The fraction of sp³-hybridized carbons (Fsp3) is 0.167. The van der Waals surface area contributed by atoms with E-state index in [1.165, 1.54) is 30.8 Å². The van der Waals surface area contributed by atoms with Crippen molar-refractivity contribution in [1.29, 1.82) is 0 Å². The van der Waals surface area contributed by atoms with Crippen LogP contribution in [0.15, 0.2) is 47.4 Å². The molecule has 0 radical (unpaired) electrons. The van der Waals surface area contributed by atoms with Crippen LogP contribution in [0.2, 0.25) is 5.02 Å². The summed E-state index contributed by atoms with van der Waals surface area (Å²) in [6.07, 6.45) is 0. The summed E-state index contributed by atoms with van der Waals surface area (Å²) in [5.41, 5.74) is 0.561. The molecule has 8 heteroatoms. The summed E-state index contributed by atoms with van der Waals surface area (Å²) >= 11 is 6.86. The van der Waals surface area contributed by atoms with E-state index in [1.807, 2.05) is 0 Å². The van der Waals surface area contributed by atoms with Gasteiger partial charge in [-0.25, -0.2) is 9.18 Å². The average molecular weight is 396 g/mol. The summed E-state index contributed by atoms with van der Waals surface area (Å²) in [4.78, 5) is 35.8. The molecule has 0 unspecified atom stereocenters. The lowest BCUT2D eigenvalue weighted by Gasteiger charge is -2.09. The predicted octanol–water partition coefficient (Wildman–Crippen LogP) is 3.96. The number of nitrogens with one attached hydrogen (secondary N) is 1.